The quantitative estimate of drug-likeness (QED) is 0.781. The van der Waals surface area contributed by atoms with E-state index in [9.17, 15) is 13.2 Å². The third-order valence-electron chi connectivity index (χ3n) is 4.19. The zero-order valence-corrected chi connectivity index (χ0v) is 15.7. The fourth-order valence-electron chi connectivity index (χ4n) is 2.26. The Hall–Kier alpha value is -1.64. The lowest BCUT2D eigenvalue weighted by Crippen LogP contribution is -2.40. The third-order valence-corrected chi connectivity index (χ3v) is 6.10. The average Bonchev–Trinajstić information content (AvgIpc) is 2.61. The van der Waals surface area contributed by atoms with Crippen molar-refractivity contribution in [3.63, 3.8) is 0 Å². The van der Waals surface area contributed by atoms with Crippen molar-refractivity contribution in [1.82, 2.24) is 9.62 Å². The molecule has 1 fully saturated rings. The number of amides is 1. The monoisotopic (exact) mass is 370 g/mol. The molecule has 0 spiro atoms. The summed E-state index contributed by atoms with van der Waals surface area (Å²) in [6.07, 6.45) is 0. The van der Waals surface area contributed by atoms with Gasteiger partial charge in [-0.25, -0.2) is 8.42 Å². The number of nitrogens with zero attached hydrogens (tertiary/aromatic N) is 1. The molecule has 7 nitrogen and oxygen atoms in total. The van der Waals surface area contributed by atoms with Gasteiger partial charge < -0.3 is 14.8 Å². The van der Waals surface area contributed by atoms with Crippen LogP contribution in [0.25, 0.3) is 0 Å². The van der Waals surface area contributed by atoms with Crippen molar-refractivity contribution in [3.05, 3.63) is 24.3 Å². The zero-order valence-electron chi connectivity index (χ0n) is 14.9. The Labute approximate surface area is 149 Å². The molecule has 0 bridgehead atoms. The molecule has 0 aromatic heterocycles. The summed E-state index contributed by atoms with van der Waals surface area (Å²) in [4.78, 5) is 12.0. The first-order valence-electron chi connectivity index (χ1n) is 8.41. The second-order valence-corrected chi connectivity index (χ2v) is 8.31. The number of ether oxygens (including phenoxy) is 2. The molecule has 1 aromatic carbocycles. The van der Waals surface area contributed by atoms with E-state index in [0.29, 0.717) is 38.0 Å². The van der Waals surface area contributed by atoms with Gasteiger partial charge in [-0.3, -0.25) is 4.79 Å². The van der Waals surface area contributed by atoms with Crippen LogP contribution in [-0.4, -0.2) is 57.6 Å². The highest BCUT2D eigenvalue weighted by Crippen LogP contribution is 2.20. The predicted octanol–water partition coefficient (Wildman–Crippen LogP) is 1.25. The van der Waals surface area contributed by atoms with E-state index in [0.717, 1.165) is 0 Å². The topological polar surface area (TPSA) is 84.9 Å². The first-order chi connectivity index (χ1) is 11.8. The summed E-state index contributed by atoms with van der Waals surface area (Å²) in [6, 6.07) is 6.18. The molecule has 0 aliphatic carbocycles. The summed E-state index contributed by atoms with van der Waals surface area (Å²) in [5, 5.41) is 2.85. The zero-order chi connectivity index (χ0) is 18.4. The molecule has 140 valence electrons. The summed E-state index contributed by atoms with van der Waals surface area (Å²) in [5.74, 6) is 0.591. The van der Waals surface area contributed by atoms with Crippen LogP contribution in [0.3, 0.4) is 0 Å². The van der Waals surface area contributed by atoms with Crippen LogP contribution in [0.15, 0.2) is 29.2 Å². The number of nitrogens with one attached hydrogen (secondary N) is 1. The van der Waals surface area contributed by atoms with Crippen molar-refractivity contribution in [2.24, 2.45) is 5.92 Å². The molecule has 0 unspecified atom stereocenters. The molecule has 8 heteroatoms. The largest absolute Gasteiger partial charge is 0.484 e. The van der Waals surface area contributed by atoms with Gasteiger partial charge in [0.05, 0.1) is 18.1 Å². The summed E-state index contributed by atoms with van der Waals surface area (Å²) in [5.41, 5.74) is 0. The molecular weight excluding hydrogens is 344 g/mol. The molecule has 0 saturated carbocycles. The van der Waals surface area contributed by atoms with Crippen LogP contribution in [0.5, 0.6) is 5.75 Å². The fourth-order valence-corrected chi connectivity index (χ4v) is 3.66. The fraction of sp³-hybridized carbons (Fsp3) is 0.588. The summed E-state index contributed by atoms with van der Waals surface area (Å²) < 4.78 is 37.0. The van der Waals surface area contributed by atoms with E-state index in [2.05, 4.69) is 5.32 Å². The van der Waals surface area contributed by atoms with Crippen molar-refractivity contribution in [1.29, 1.82) is 0 Å². The Balaban J connectivity index is 1.92. The lowest BCUT2D eigenvalue weighted by molar-refractivity contribution is -0.124. The summed E-state index contributed by atoms with van der Waals surface area (Å²) in [7, 11) is -3.52. The molecule has 0 radical (unpaired) electrons. The molecule has 2 rings (SSSR count). The molecule has 1 aliphatic heterocycles. The Kier molecular flexibility index (Phi) is 6.80. The van der Waals surface area contributed by atoms with Gasteiger partial charge in [-0.2, -0.15) is 4.31 Å². The van der Waals surface area contributed by atoms with Crippen LogP contribution in [0, 0.1) is 5.92 Å². The van der Waals surface area contributed by atoms with Gasteiger partial charge in [0.2, 0.25) is 10.0 Å². The van der Waals surface area contributed by atoms with Gasteiger partial charge in [-0.15, -0.1) is 0 Å². The number of carbonyl (C=O) groups is 1. The van der Waals surface area contributed by atoms with Crippen LogP contribution >= 0.6 is 0 Å². The third kappa shape index (κ3) is 5.42. The van der Waals surface area contributed by atoms with Gasteiger partial charge in [0.15, 0.2) is 6.61 Å². The van der Waals surface area contributed by atoms with Gasteiger partial charge in [-0.1, -0.05) is 13.8 Å². The molecular formula is C17H26N2O5S. The molecule has 1 aliphatic rings. The van der Waals surface area contributed by atoms with E-state index in [-0.39, 0.29) is 23.5 Å². The molecule has 1 amide bonds. The molecule has 25 heavy (non-hydrogen) atoms. The lowest BCUT2D eigenvalue weighted by Gasteiger charge is -2.26. The highest BCUT2D eigenvalue weighted by Gasteiger charge is 2.26. The standard InChI is InChI=1S/C17H26N2O5S/c1-13(2)14(3)18-17(20)12-24-15-4-6-16(7-5-15)25(21,22)19-8-10-23-11-9-19/h4-7,13-14H,8-12H2,1-3H3,(H,18,20)/t14-/m1/s1. The van der Waals surface area contributed by atoms with Gasteiger partial charge in [-0.05, 0) is 37.1 Å². The van der Waals surface area contributed by atoms with Crippen molar-refractivity contribution in [2.45, 2.75) is 31.7 Å². The number of hydrogen-bond donors (Lipinski definition) is 1. The minimum absolute atomic E-state index is 0.0668. The number of carbonyl (C=O) groups excluding carboxylic acids is 1. The van der Waals surface area contributed by atoms with E-state index in [1.165, 1.54) is 16.4 Å². The maximum Gasteiger partial charge on any atom is 0.258 e. The van der Waals surface area contributed by atoms with Gasteiger partial charge >= 0.3 is 0 Å². The Morgan fingerprint density at radius 2 is 1.80 bits per heavy atom. The van der Waals surface area contributed by atoms with E-state index >= 15 is 0 Å². The number of hydrogen-bond acceptors (Lipinski definition) is 5. The van der Waals surface area contributed by atoms with E-state index in [4.69, 9.17) is 9.47 Å². The minimum Gasteiger partial charge on any atom is -0.484 e. The van der Waals surface area contributed by atoms with Gasteiger partial charge in [0.25, 0.3) is 5.91 Å². The summed E-state index contributed by atoms with van der Waals surface area (Å²) in [6.45, 7) is 7.41. The Morgan fingerprint density at radius 3 is 2.36 bits per heavy atom. The second kappa shape index (κ2) is 8.64. The Bertz CT molecular complexity index is 667. The van der Waals surface area contributed by atoms with Crippen LogP contribution in [0.1, 0.15) is 20.8 Å². The highest BCUT2D eigenvalue weighted by molar-refractivity contribution is 7.89. The number of sulfonamides is 1. The summed E-state index contributed by atoms with van der Waals surface area (Å²) >= 11 is 0. The highest BCUT2D eigenvalue weighted by atomic mass is 32.2. The predicted molar refractivity (Wildman–Crippen MR) is 94.0 cm³/mol. The molecule has 1 aromatic rings. The van der Waals surface area contributed by atoms with Crippen molar-refractivity contribution in [3.8, 4) is 5.75 Å². The van der Waals surface area contributed by atoms with Crippen LogP contribution < -0.4 is 10.1 Å². The minimum atomic E-state index is -3.52. The first-order valence-corrected chi connectivity index (χ1v) is 9.85. The van der Waals surface area contributed by atoms with Crippen LogP contribution in [0.2, 0.25) is 0 Å². The average molecular weight is 370 g/mol. The second-order valence-electron chi connectivity index (χ2n) is 6.38. The smallest absolute Gasteiger partial charge is 0.258 e. The van der Waals surface area contributed by atoms with Crippen molar-refractivity contribution in [2.75, 3.05) is 32.9 Å². The maximum absolute atomic E-state index is 12.5. The normalized spacial score (nSPS) is 17.3. The van der Waals surface area contributed by atoms with Crippen molar-refractivity contribution >= 4 is 15.9 Å². The van der Waals surface area contributed by atoms with E-state index < -0.39 is 10.0 Å². The van der Waals surface area contributed by atoms with Crippen LogP contribution in [-0.2, 0) is 19.6 Å². The van der Waals surface area contributed by atoms with Gasteiger partial charge in [0, 0.05) is 19.1 Å². The van der Waals surface area contributed by atoms with E-state index in [1.54, 1.807) is 12.1 Å². The van der Waals surface area contributed by atoms with Crippen LogP contribution in [0.4, 0.5) is 0 Å². The van der Waals surface area contributed by atoms with Gasteiger partial charge in [0.1, 0.15) is 5.75 Å². The number of benzene rings is 1. The number of rotatable bonds is 7. The maximum atomic E-state index is 12.5. The number of morpholine rings is 1. The molecule has 1 atom stereocenters. The van der Waals surface area contributed by atoms with E-state index in [1.807, 2.05) is 20.8 Å². The van der Waals surface area contributed by atoms with Crippen molar-refractivity contribution < 1.29 is 22.7 Å². The first kappa shape index (κ1) is 19.7. The Morgan fingerprint density at radius 1 is 1.20 bits per heavy atom. The molecule has 1 saturated heterocycles. The SMILES string of the molecule is CC(C)[C@@H](C)NC(=O)COc1ccc(S(=O)(=O)N2CCOCC2)cc1. The molecule has 1 heterocycles. The lowest BCUT2D eigenvalue weighted by atomic mass is 10.1. The molecule has 1 N–H and O–H groups in total.